The summed E-state index contributed by atoms with van der Waals surface area (Å²) in [5.41, 5.74) is 4.62. The van der Waals surface area contributed by atoms with E-state index in [0.29, 0.717) is 13.2 Å². The minimum atomic E-state index is -0.362. The Morgan fingerprint density at radius 1 is 1.29 bits per heavy atom. The summed E-state index contributed by atoms with van der Waals surface area (Å²) >= 11 is 0. The number of para-hydroxylation sites is 1. The predicted molar refractivity (Wildman–Crippen MR) is 81.6 cm³/mol. The largest absolute Gasteiger partial charge is 0.381 e. The molecular formula is C16H21N3O2. The lowest BCUT2D eigenvalue weighted by Crippen LogP contribution is -2.51. The summed E-state index contributed by atoms with van der Waals surface area (Å²) in [6, 6.07) is 10.0. The van der Waals surface area contributed by atoms with Crippen LogP contribution in [-0.4, -0.2) is 30.9 Å². The summed E-state index contributed by atoms with van der Waals surface area (Å²) in [6.07, 6.45) is 3.42. The van der Waals surface area contributed by atoms with Crippen molar-refractivity contribution in [2.24, 2.45) is 5.84 Å². The maximum Gasteiger partial charge on any atom is 0.0930 e. The quantitative estimate of drug-likeness (QED) is 0.664. The maximum absolute atomic E-state index is 5.89. The number of hydrogen-bond donors (Lipinski definition) is 2. The number of hydrogen-bond acceptors (Lipinski definition) is 5. The molecule has 2 aromatic rings. The fourth-order valence-electron chi connectivity index (χ4n) is 3.21. The van der Waals surface area contributed by atoms with E-state index in [0.717, 1.165) is 29.3 Å². The second-order valence-corrected chi connectivity index (χ2v) is 5.40. The third kappa shape index (κ3) is 2.53. The number of rotatable bonds is 4. The van der Waals surface area contributed by atoms with E-state index in [9.17, 15) is 0 Å². The Balaban J connectivity index is 2.09. The van der Waals surface area contributed by atoms with Crippen LogP contribution in [0.5, 0.6) is 0 Å². The van der Waals surface area contributed by atoms with E-state index in [-0.39, 0.29) is 11.6 Å². The molecule has 1 atom stereocenters. The van der Waals surface area contributed by atoms with Crippen LogP contribution in [0, 0.1) is 0 Å². The Hall–Kier alpha value is -1.53. The van der Waals surface area contributed by atoms with E-state index in [2.05, 4.69) is 28.6 Å². The standard InChI is InChI=1S/C16H21N3O2/c1-20-16(7-10-21-11-8-16)15(19-17)13-6-2-4-12-5-3-9-18-14(12)13/h2-6,9,15,19H,7-8,10-11,17H2,1H3. The number of hydrazine groups is 1. The van der Waals surface area contributed by atoms with E-state index < -0.39 is 0 Å². The van der Waals surface area contributed by atoms with Crippen molar-refractivity contribution in [2.45, 2.75) is 24.5 Å². The molecule has 3 N–H and O–H groups in total. The van der Waals surface area contributed by atoms with E-state index >= 15 is 0 Å². The van der Waals surface area contributed by atoms with E-state index in [1.54, 1.807) is 7.11 Å². The molecule has 1 unspecified atom stereocenters. The molecule has 1 aromatic carbocycles. The van der Waals surface area contributed by atoms with Gasteiger partial charge in [0.2, 0.25) is 0 Å². The van der Waals surface area contributed by atoms with Gasteiger partial charge in [-0.2, -0.15) is 0 Å². The lowest BCUT2D eigenvalue weighted by Gasteiger charge is -2.42. The number of aromatic nitrogens is 1. The minimum absolute atomic E-state index is 0.120. The smallest absolute Gasteiger partial charge is 0.0930 e. The molecule has 1 aliphatic rings. The summed E-state index contributed by atoms with van der Waals surface area (Å²) in [7, 11) is 1.74. The highest BCUT2D eigenvalue weighted by molar-refractivity contribution is 5.82. The molecule has 3 rings (SSSR count). The second-order valence-electron chi connectivity index (χ2n) is 5.40. The Bertz CT molecular complexity index is 606. The molecule has 1 fully saturated rings. The van der Waals surface area contributed by atoms with Crippen molar-refractivity contribution in [3.05, 3.63) is 42.1 Å². The molecule has 1 aliphatic heterocycles. The van der Waals surface area contributed by atoms with Gasteiger partial charge in [-0.15, -0.1) is 0 Å². The molecule has 1 aromatic heterocycles. The van der Waals surface area contributed by atoms with E-state index in [4.69, 9.17) is 15.3 Å². The Morgan fingerprint density at radius 2 is 2.05 bits per heavy atom. The molecule has 5 heteroatoms. The first-order valence-electron chi connectivity index (χ1n) is 7.23. The zero-order valence-electron chi connectivity index (χ0n) is 12.2. The van der Waals surface area contributed by atoms with Crippen LogP contribution in [0.4, 0.5) is 0 Å². The van der Waals surface area contributed by atoms with Crippen molar-refractivity contribution in [2.75, 3.05) is 20.3 Å². The van der Waals surface area contributed by atoms with Gasteiger partial charge in [-0.1, -0.05) is 24.3 Å². The summed E-state index contributed by atoms with van der Waals surface area (Å²) in [5, 5.41) is 1.11. The van der Waals surface area contributed by atoms with Gasteiger partial charge in [0, 0.05) is 44.7 Å². The number of methoxy groups -OCH3 is 1. The van der Waals surface area contributed by atoms with Crippen LogP contribution in [0.1, 0.15) is 24.4 Å². The molecular weight excluding hydrogens is 266 g/mol. The van der Waals surface area contributed by atoms with Gasteiger partial charge in [-0.05, 0) is 11.6 Å². The molecule has 5 nitrogen and oxygen atoms in total. The van der Waals surface area contributed by atoms with Crippen molar-refractivity contribution in [1.29, 1.82) is 0 Å². The maximum atomic E-state index is 5.89. The summed E-state index contributed by atoms with van der Waals surface area (Å²) < 4.78 is 11.4. The van der Waals surface area contributed by atoms with Gasteiger partial charge < -0.3 is 9.47 Å². The van der Waals surface area contributed by atoms with E-state index in [1.807, 2.05) is 18.3 Å². The first kappa shape index (κ1) is 14.4. The zero-order chi connectivity index (χ0) is 14.7. The van der Waals surface area contributed by atoms with Crippen LogP contribution >= 0.6 is 0 Å². The molecule has 1 saturated heterocycles. The van der Waals surface area contributed by atoms with Crippen LogP contribution in [-0.2, 0) is 9.47 Å². The minimum Gasteiger partial charge on any atom is -0.381 e. The fraction of sp³-hybridized carbons (Fsp3) is 0.438. The highest BCUT2D eigenvalue weighted by atomic mass is 16.5. The van der Waals surface area contributed by atoms with Crippen molar-refractivity contribution in [1.82, 2.24) is 10.4 Å². The molecule has 0 aliphatic carbocycles. The first-order chi connectivity index (χ1) is 10.3. The van der Waals surface area contributed by atoms with Gasteiger partial charge in [0.15, 0.2) is 0 Å². The Morgan fingerprint density at radius 3 is 2.76 bits per heavy atom. The number of pyridine rings is 1. The van der Waals surface area contributed by atoms with Gasteiger partial charge in [0.05, 0.1) is 17.2 Å². The average molecular weight is 287 g/mol. The molecule has 112 valence electrons. The second kappa shape index (κ2) is 6.07. The first-order valence-corrected chi connectivity index (χ1v) is 7.23. The molecule has 0 spiro atoms. The van der Waals surface area contributed by atoms with Crippen LogP contribution in [0.15, 0.2) is 36.5 Å². The molecule has 0 bridgehead atoms. The van der Waals surface area contributed by atoms with Gasteiger partial charge in [-0.3, -0.25) is 10.8 Å². The fourth-order valence-corrected chi connectivity index (χ4v) is 3.21. The number of nitrogens with one attached hydrogen (secondary N) is 1. The number of fused-ring (bicyclic) bond motifs is 1. The highest BCUT2D eigenvalue weighted by Gasteiger charge is 2.41. The van der Waals surface area contributed by atoms with E-state index in [1.165, 1.54) is 0 Å². The zero-order valence-corrected chi connectivity index (χ0v) is 12.2. The topological polar surface area (TPSA) is 69.4 Å². The summed E-state index contributed by atoms with van der Waals surface area (Å²) in [5.74, 6) is 5.89. The Kier molecular flexibility index (Phi) is 4.17. The predicted octanol–water partition coefficient (Wildman–Crippen LogP) is 1.93. The number of benzene rings is 1. The van der Waals surface area contributed by atoms with Crippen LogP contribution in [0.2, 0.25) is 0 Å². The van der Waals surface area contributed by atoms with Crippen LogP contribution in [0.25, 0.3) is 10.9 Å². The molecule has 2 heterocycles. The van der Waals surface area contributed by atoms with Crippen molar-refractivity contribution >= 4 is 10.9 Å². The summed E-state index contributed by atoms with van der Waals surface area (Å²) in [6.45, 7) is 1.37. The number of ether oxygens (including phenoxy) is 2. The SMILES string of the molecule is COC1(C(NN)c2cccc3cccnc23)CCOCC1. The lowest BCUT2D eigenvalue weighted by molar-refractivity contribution is -0.111. The normalized spacial score (nSPS) is 19.5. The summed E-state index contributed by atoms with van der Waals surface area (Å²) in [4.78, 5) is 4.53. The van der Waals surface area contributed by atoms with Gasteiger partial charge in [0.25, 0.3) is 0 Å². The van der Waals surface area contributed by atoms with Crippen molar-refractivity contribution < 1.29 is 9.47 Å². The third-order valence-electron chi connectivity index (χ3n) is 4.41. The van der Waals surface area contributed by atoms with Gasteiger partial charge in [0.1, 0.15) is 0 Å². The average Bonchev–Trinajstić information content (AvgIpc) is 2.56. The molecule has 21 heavy (non-hydrogen) atoms. The molecule has 0 radical (unpaired) electrons. The number of nitrogens with two attached hydrogens (primary N) is 1. The lowest BCUT2D eigenvalue weighted by atomic mass is 9.81. The van der Waals surface area contributed by atoms with Gasteiger partial charge in [-0.25, -0.2) is 5.43 Å². The third-order valence-corrected chi connectivity index (χ3v) is 4.41. The van der Waals surface area contributed by atoms with Crippen LogP contribution < -0.4 is 11.3 Å². The Labute approximate surface area is 124 Å². The van der Waals surface area contributed by atoms with Crippen LogP contribution in [0.3, 0.4) is 0 Å². The van der Waals surface area contributed by atoms with Crippen molar-refractivity contribution in [3.63, 3.8) is 0 Å². The highest BCUT2D eigenvalue weighted by Crippen LogP contribution is 2.38. The van der Waals surface area contributed by atoms with Crippen molar-refractivity contribution in [3.8, 4) is 0 Å². The monoisotopic (exact) mass is 287 g/mol. The number of nitrogens with zero attached hydrogens (tertiary/aromatic N) is 1. The van der Waals surface area contributed by atoms with Gasteiger partial charge >= 0.3 is 0 Å². The molecule has 0 saturated carbocycles. The molecule has 0 amide bonds.